The Kier molecular flexibility index (Phi) is 6.53. The van der Waals surface area contributed by atoms with Gasteiger partial charge in [0.1, 0.15) is 6.54 Å². The highest BCUT2D eigenvalue weighted by atomic mass is 35.5. The summed E-state index contributed by atoms with van der Waals surface area (Å²) >= 11 is 6.09. The number of benzene rings is 3. The molecular formula is C25H25ClN2O3S. The highest BCUT2D eigenvalue weighted by molar-refractivity contribution is 7.92. The van der Waals surface area contributed by atoms with E-state index in [1.54, 1.807) is 43.3 Å². The molecule has 0 aliphatic heterocycles. The topological polar surface area (TPSA) is 66.5 Å². The molecule has 1 atom stereocenters. The molecule has 0 saturated heterocycles. The Bertz CT molecular complexity index is 1230. The molecule has 166 valence electrons. The molecule has 5 nitrogen and oxygen atoms in total. The maximum atomic E-state index is 13.5. The van der Waals surface area contributed by atoms with Crippen molar-refractivity contribution in [2.24, 2.45) is 0 Å². The van der Waals surface area contributed by atoms with Gasteiger partial charge in [0.05, 0.1) is 16.6 Å². The van der Waals surface area contributed by atoms with Crippen LogP contribution in [-0.2, 0) is 21.2 Å². The molecule has 1 aliphatic carbocycles. The number of rotatable bonds is 6. The Morgan fingerprint density at radius 1 is 1.06 bits per heavy atom. The molecule has 0 fully saturated rings. The molecule has 0 unspecified atom stereocenters. The van der Waals surface area contributed by atoms with E-state index in [9.17, 15) is 13.2 Å². The summed E-state index contributed by atoms with van der Waals surface area (Å²) in [5.41, 5.74) is 3.43. The predicted octanol–water partition coefficient (Wildman–Crippen LogP) is 5.04. The van der Waals surface area contributed by atoms with Crippen molar-refractivity contribution in [1.29, 1.82) is 0 Å². The standard InChI is InChI=1S/C25H25ClN2O3S/c1-18-16-20(26)14-15-24(18)28(32(30,31)21-10-3-2-4-11-21)17-25(29)27-23-13-7-9-19-8-5-6-12-22(19)23/h2-6,8,10-12,14-16,23H,7,9,13,17H2,1H3,(H,27,29)/t23-/m0/s1. The fourth-order valence-electron chi connectivity index (χ4n) is 4.19. The van der Waals surface area contributed by atoms with Gasteiger partial charge in [0.25, 0.3) is 10.0 Å². The second-order valence-electron chi connectivity index (χ2n) is 7.97. The maximum Gasteiger partial charge on any atom is 0.264 e. The van der Waals surface area contributed by atoms with Crippen LogP contribution in [0.15, 0.2) is 77.7 Å². The summed E-state index contributed by atoms with van der Waals surface area (Å²) in [7, 11) is -3.96. The number of nitrogens with one attached hydrogen (secondary N) is 1. The van der Waals surface area contributed by atoms with E-state index in [0.717, 1.165) is 29.1 Å². The van der Waals surface area contributed by atoms with Gasteiger partial charge in [0, 0.05) is 5.02 Å². The second-order valence-corrected chi connectivity index (χ2v) is 10.3. The Balaban J connectivity index is 1.65. The lowest BCUT2D eigenvalue weighted by Gasteiger charge is -2.29. The Morgan fingerprint density at radius 2 is 1.78 bits per heavy atom. The van der Waals surface area contributed by atoms with Gasteiger partial charge >= 0.3 is 0 Å². The molecule has 1 aliphatic rings. The molecule has 3 aromatic carbocycles. The Labute approximate surface area is 194 Å². The zero-order chi connectivity index (χ0) is 22.7. The van der Waals surface area contributed by atoms with Crippen molar-refractivity contribution in [3.63, 3.8) is 0 Å². The van der Waals surface area contributed by atoms with Crippen LogP contribution in [0.25, 0.3) is 0 Å². The van der Waals surface area contributed by atoms with Crippen LogP contribution in [0.2, 0.25) is 5.02 Å². The number of carbonyl (C=O) groups excluding carboxylic acids is 1. The average Bonchev–Trinajstić information content (AvgIpc) is 2.79. The number of fused-ring (bicyclic) bond motifs is 1. The third kappa shape index (κ3) is 4.66. The van der Waals surface area contributed by atoms with E-state index in [0.29, 0.717) is 16.3 Å². The molecule has 0 saturated carbocycles. The van der Waals surface area contributed by atoms with Gasteiger partial charge in [-0.3, -0.25) is 9.10 Å². The molecule has 1 N–H and O–H groups in total. The normalized spacial score (nSPS) is 15.6. The van der Waals surface area contributed by atoms with E-state index in [4.69, 9.17) is 11.6 Å². The maximum absolute atomic E-state index is 13.5. The smallest absolute Gasteiger partial charge is 0.264 e. The number of hydrogen-bond acceptors (Lipinski definition) is 3. The van der Waals surface area contributed by atoms with Crippen molar-refractivity contribution >= 4 is 33.2 Å². The number of amides is 1. The minimum Gasteiger partial charge on any atom is -0.348 e. The predicted molar refractivity (Wildman–Crippen MR) is 127 cm³/mol. The van der Waals surface area contributed by atoms with Crippen molar-refractivity contribution in [3.05, 3.63) is 94.5 Å². The van der Waals surface area contributed by atoms with Gasteiger partial charge in [-0.1, -0.05) is 54.1 Å². The quantitative estimate of drug-likeness (QED) is 0.551. The third-order valence-electron chi connectivity index (χ3n) is 5.75. The lowest BCUT2D eigenvalue weighted by atomic mass is 9.88. The highest BCUT2D eigenvalue weighted by Crippen LogP contribution is 2.31. The molecule has 7 heteroatoms. The van der Waals surface area contributed by atoms with Crippen LogP contribution >= 0.6 is 11.6 Å². The summed E-state index contributed by atoms with van der Waals surface area (Å²) in [5, 5.41) is 3.56. The van der Waals surface area contributed by atoms with Crippen LogP contribution < -0.4 is 9.62 Å². The molecule has 0 spiro atoms. The molecule has 0 bridgehead atoms. The number of anilines is 1. The number of aryl methyl sites for hydroxylation is 2. The van der Waals surface area contributed by atoms with Gasteiger partial charge < -0.3 is 5.32 Å². The summed E-state index contributed by atoms with van der Waals surface area (Å²) in [6.45, 7) is 1.46. The van der Waals surface area contributed by atoms with Crippen molar-refractivity contribution in [2.45, 2.75) is 37.1 Å². The Morgan fingerprint density at radius 3 is 2.53 bits per heavy atom. The highest BCUT2D eigenvalue weighted by Gasteiger charge is 2.30. The lowest BCUT2D eigenvalue weighted by Crippen LogP contribution is -2.42. The largest absolute Gasteiger partial charge is 0.348 e. The van der Waals surface area contributed by atoms with Crippen LogP contribution in [0.3, 0.4) is 0 Å². The average molecular weight is 469 g/mol. The summed E-state index contributed by atoms with van der Waals surface area (Å²) < 4.78 is 28.2. The Hall–Kier alpha value is -2.83. The van der Waals surface area contributed by atoms with Crippen LogP contribution in [-0.4, -0.2) is 20.9 Å². The third-order valence-corrected chi connectivity index (χ3v) is 7.76. The van der Waals surface area contributed by atoms with Crippen molar-refractivity contribution in [3.8, 4) is 0 Å². The van der Waals surface area contributed by atoms with Gasteiger partial charge in [0.15, 0.2) is 0 Å². The summed E-state index contributed by atoms with van der Waals surface area (Å²) in [6, 6.07) is 21.1. The van der Waals surface area contributed by atoms with Crippen molar-refractivity contribution in [2.75, 3.05) is 10.8 Å². The van der Waals surface area contributed by atoms with Gasteiger partial charge in [-0.25, -0.2) is 8.42 Å². The zero-order valence-electron chi connectivity index (χ0n) is 17.8. The first-order valence-corrected chi connectivity index (χ1v) is 12.4. The minimum absolute atomic E-state index is 0.125. The van der Waals surface area contributed by atoms with E-state index in [1.807, 2.05) is 18.2 Å². The minimum atomic E-state index is -3.96. The number of sulfonamides is 1. The first kappa shape index (κ1) is 22.4. The number of carbonyl (C=O) groups is 1. The summed E-state index contributed by atoms with van der Waals surface area (Å²) in [4.78, 5) is 13.2. The second kappa shape index (κ2) is 9.35. The van der Waals surface area contributed by atoms with Crippen LogP contribution in [0, 0.1) is 6.92 Å². The van der Waals surface area contributed by atoms with Crippen LogP contribution in [0.4, 0.5) is 5.69 Å². The first-order valence-electron chi connectivity index (χ1n) is 10.6. The number of halogens is 1. The molecule has 32 heavy (non-hydrogen) atoms. The zero-order valence-corrected chi connectivity index (χ0v) is 19.4. The molecule has 0 radical (unpaired) electrons. The van der Waals surface area contributed by atoms with Gasteiger partial charge in [-0.05, 0) is 73.2 Å². The van der Waals surface area contributed by atoms with Crippen molar-refractivity contribution in [1.82, 2.24) is 5.32 Å². The van der Waals surface area contributed by atoms with E-state index >= 15 is 0 Å². The molecule has 4 rings (SSSR count). The number of hydrogen-bond donors (Lipinski definition) is 1. The SMILES string of the molecule is Cc1cc(Cl)ccc1N(CC(=O)N[C@H]1CCCc2ccccc21)S(=O)(=O)c1ccccc1. The molecule has 0 aromatic heterocycles. The van der Waals surface area contributed by atoms with Crippen molar-refractivity contribution < 1.29 is 13.2 Å². The van der Waals surface area contributed by atoms with E-state index in [2.05, 4.69) is 11.4 Å². The van der Waals surface area contributed by atoms with E-state index < -0.39 is 10.0 Å². The fourth-order valence-corrected chi connectivity index (χ4v) is 5.93. The van der Waals surface area contributed by atoms with E-state index in [1.165, 1.54) is 17.7 Å². The van der Waals surface area contributed by atoms with Crippen LogP contribution in [0.1, 0.15) is 35.6 Å². The molecular weight excluding hydrogens is 444 g/mol. The molecule has 1 amide bonds. The van der Waals surface area contributed by atoms with Gasteiger partial charge in [-0.15, -0.1) is 0 Å². The molecule has 0 heterocycles. The lowest BCUT2D eigenvalue weighted by molar-refractivity contribution is -0.120. The monoisotopic (exact) mass is 468 g/mol. The van der Waals surface area contributed by atoms with Gasteiger partial charge in [-0.2, -0.15) is 0 Å². The van der Waals surface area contributed by atoms with Crippen LogP contribution in [0.5, 0.6) is 0 Å². The van der Waals surface area contributed by atoms with Gasteiger partial charge in [0.2, 0.25) is 5.91 Å². The summed E-state index contributed by atoms with van der Waals surface area (Å²) in [6.07, 6.45) is 2.79. The fraction of sp³-hybridized carbons (Fsp3) is 0.240. The van der Waals surface area contributed by atoms with E-state index in [-0.39, 0.29) is 23.4 Å². The summed E-state index contributed by atoms with van der Waals surface area (Å²) in [5.74, 6) is -0.347. The molecule has 3 aromatic rings. The number of nitrogens with zero attached hydrogens (tertiary/aromatic N) is 1. The first-order chi connectivity index (χ1) is 15.4.